The maximum absolute atomic E-state index is 12.8. The van der Waals surface area contributed by atoms with Gasteiger partial charge < -0.3 is 24.4 Å². The fraction of sp³-hybridized carbons (Fsp3) is 0.600. The number of anilines is 1. The molecule has 1 N–H and O–H groups in total. The van der Waals surface area contributed by atoms with Gasteiger partial charge in [-0.2, -0.15) is 0 Å². The fourth-order valence-corrected chi connectivity index (χ4v) is 4.81. The summed E-state index contributed by atoms with van der Waals surface area (Å²) in [6.45, 7) is 5.11. The van der Waals surface area contributed by atoms with Gasteiger partial charge in [0.1, 0.15) is 0 Å². The molecular formula is C20H26N4O3. The van der Waals surface area contributed by atoms with Crippen molar-refractivity contribution >= 4 is 22.6 Å². The van der Waals surface area contributed by atoms with Crippen molar-refractivity contribution in [2.75, 3.05) is 44.7 Å². The number of carbonyl (C=O) groups is 1. The van der Waals surface area contributed by atoms with Crippen LogP contribution in [0.5, 0.6) is 0 Å². The van der Waals surface area contributed by atoms with E-state index in [1.807, 2.05) is 18.2 Å². The lowest BCUT2D eigenvalue weighted by atomic mass is 9.84. The molecule has 1 aromatic carbocycles. The van der Waals surface area contributed by atoms with Gasteiger partial charge in [0, 0.05) is 44.5 Å². The molecule has 4 aliphatic rings. The Morgan fingerprint density at radius 3 is 2.78 bits per heavy atom. The summed E-state index contributed by atoms with van der Waals surface area (Å²) in [5, 5.41) is 8.05. The number of fused-ring (bicyclic) bond motifs is 4. The van der Waals surface area contributed by atoms with Crippen molar-refractivity contribution < 1.29 is 14.1 Å². The monoisotopic (exact) mass is 370 g/mol. The first-order valence-corrected chi connectivity index (χ1v) is 9.91. The van der Waals surface area contributed by atoms with Crippen LogP contribution in [0.1, 0.15) is 29.8 Å². The highest BCUT2D eigenvalue weighted by atomic mass is 16.5. The second-order valence-corrected chi connectivity index (χ2v) is 8.02. The van der Waals surface area contributed by atoms with Crippen LogP contribution in [-0.2, 0) is 4.74 Å². The lowest BCUT2D eigenvalue weighted by Crippen LogP contribution is -2.57. The molecular weight excluding hydrogens is 344 g/mol. The molecule has 1 aromatic heterocycles. The Balaban J connectivity index is 1.33. The van der Waals surface area contributed by atoms with E-state index < -0.39 is 0 Å². The average molecular weight is 370 g/mol. The molecule has 0 aliphatic carbocycles. The molecule has 7 nitrogen and oxygen atoms in total. The number of piperidine rings is 3. The number of aromatic nitrogens is 1. The van der Waals surface area contributed by atoms with E-state index in [1.54, 1.807) is 7.11 Å². The Labute approximate surface area is 158 Å². The third-order valence-corrected chi connectivity index (χ3v) is 6.49. The number of nitrogens with zero attached hydrogens (tertiary/aromatic N) is 3. The van der Waals surface area contributed by atoms with Crippen LogP contribution in [0.3, 0.4) is 0 Å². The number of hydrogen-bond donors (Lipinski definition) is 1. The normalized spacial score (nSPS) is 30.2. The van der Waals surface area contributed by atoms with Gasteiger partial charge in [0.05, 0.1) is 11.5 Å². The van der Waals surface area contributed by atoms with Crippen LogP contribution in [0.2, 0.25) is 0 Å². The zero-order valence-corrected chi connectivity index (χ0v) is 15.7. The smallest absolute Gasteiger partial charge is 0.274 e. The zero-order valence-electron chi connectivity index (χ0n) is 15.7. The van der Waals surface area contributed by atoms with Gasteiger partial charge in [-0.15, -0.1) is 0 Å². The summed E-state index contributed by atoms with van der Waals surface area (Å²) in [6.07, 6.45) is 3.65. The molecule has 2 aromatic rings. The van der Waals surface area contributed by atoms with Crippen molar-refractivity contribution in [2.45, 2.75) is 31.4 Å². The lowest BCUT2D eigenvalue weighted by molar-refractivity contribution is 0.0616. The van der Waals surface area contributed by atoms with Crippen LogP contribution in [0.25, 0.3) is 11.0 Å². The predicted octanol–water partition coefficient (Wildman–Crippen LogP) is 1.88. The minimum atomic E-state index is -0.124. The molecule has 4 saturated heterocycles. The van der Waals surface area contributed by atoms with Crippen molar-refractivity contribution in [3.63, 3.8) is 0 Å². The van der Waals surface area contributed by atoms with Gasteiger partial charge in [0.15, 0.2) is 11.3 Å². The van der Waals surface area contributed by atoms with Gasteiger partial charge in [-0.1, -0.05) is 5.16 Å². The maximum atomic E-state index is 12.8. The van der Waals surface area contributed by atoms with Crippen molar-refractivity contribution in [1.29, 1.82) is 0 Å². The maximum Gasteiger partial charge on any atom is 0.274 e. The number of ether oxygens (including phenoxy) is 1. The minimum Gasteiger partial charge on any atom is -0.380 e. The van der Waals surface area contributed by atoms with Gasteiger partial charge >= 0.3 is 0 Å². The summed E-state index contributed by atoms with van der Waals surface area (Å²) < 4.78 is 10.9. The van der Waals surface area contributed by atoms with E-state index in [4.69, 9.17) is 9.26 Å². The van der Waals surface area contributed by atoms with E-state index in [0.29, 0.717) is 17.2 Å². The van der Waals surface area contributed by atoms with Crippen molar-refractivity contribution in [3.8, 4) is 0 Å². The Morgan fingerprint density at radius 1 is 1.22 bits per heavy atom. The summed E-state index contributed by atoms with van der Waals surface area (Å²) in [5.74, 6) is 0.466. The number of amides is 1. The van der Waals surface area contributed by atoms with Crippen LogP contribution >= 0.6 is 0 Å². The molecule has 2 atom stereocenters. The first-order chi connectivity index (χ1) is 13.2. The van der Waals surface area contributed by atoms with Crippen LogP contribution in [-0.4, -0.2) is 67.9 Å². The summed E-state index contributed by atoms with van der Waals surface area (Å²) >= 11 is 0. The van der Waals surface area contributed by atoms with E-state index in [9.17, 15) is 4.79 Å². The van der Waals surface area contributed by atoms with Crippen LogP contribution < -0.4 is 10.2 Å². The van der Waals surface area contributed by atoms with Gasteiger partial charge in [0.25, 0.3) is 5.91 Å². The largest absolute Gasteiger partial charge is 0.380 e. The molecule has 2 bridgehead atoms. The van der Waals surface area contributed by atoms with Gasteiger partial charge in [0.2, 0.25) is 0 Å². The van der Waals surface area contributed by atoms with Crippen molar-refractivity contribution in [2.24, 2.45) is 5.92 Å². The van der Waals surface area contributed by atoms with Crippen LogP contribution in [0.4, 0.5) is 5.69 Å². The first-order valence-electron chi connectivity index (χ1n) is 9.91. The number of hydrogen-bond acceptors (Lipinski definition) is 6. The molecule has 1 amide bonds. The second kappa shape index (κ2) is 6.80. The quantitative estimate of drug-likeness (QED) is 0.886. The van der Waals surface area contributed by atoms with Gasteiger partial charge in [-0.3, -0.25) is 4.79 Å². The van der Waals surface area contributed by atoms with Gasteiger partial charge in [-0.25, -0.2) is 0 Å². The Kier molecular flexibility index (Phi) is 4.28. The van der Waals surface area contributed by atoms with E-state index in [0.717, 1.165) is 50.2 Å². The lowest BCUT2D eigenvalue weighted by Gasteiger charge is -2.44. The Bertz CT molecular complexity index is 843. The molecule has 4 aliphatic heterocycles. The average Bonchev–Trinajstić information content (AvgIpc) is 3.35. The highest BCUT2D eigenvalue weighted by Crippen LogP contribution is 2.30. The molecule has 0 spiro atoms. The standard InChI is InChI=1S/C20H26N4O3/c1-26-15-6-9-24(11-15)14-2-3-16-18(10-14)27-22-19(16)20(25)21-17-12-23-7-4-13(17)5-8-23/h2-3,10,13,15,17H,4-9,11-12H2,1H3,(H,21,25)/t15-,17+/m0/s1. The van der Waals surface area contributed by atoms with Crippen molar-refractivity contribution in [1.82, 2.24) is 15.4 Å². The number of nitrogens with one attached hydrogen (secondary N) is 1. The number of rotatable bonds is 4. The Morgan fingerprint density at radius 2 is 2.07 bits per heavy atom. The number of benzene rings is 1. The first kappa shape index (κ1) is 17.0. The Hall–Kier alpha value is -2.12. The highest BCUT2D eigenvalue weighted by molar-refractivity contribution is 6.04. The molecule has 5 heterocycles. The van der Waals surface area contributed by atoms with E-state index in [1.165, 1.54) is 12.8 Å². The van der Waals surface area contributed by atoms with E-state index in [-0.39, 0.29) is 18.1 Å². The molecule has 0 radical (unpaired) electrons. The topological polar surface area (TPSA) is 70.8 Å². The molecule has 0 unspecified atom stereocenters. The number of methoxy groups -OCH3 is 1. The summed E-state index contributed by atoms with van der Waals surface area (Å²) in [6, 6.07) is 6.20. The van der Waals surface area contributed by atoms with E-state index in [2.05, 4.69) is 20.3 Å². The molecule has 0 saturated carbocycles. The zero-order chi connectivity index (χ0) is 18.4. The molecule has 27 heavy (non-hydrogen) atoms. The molecule has 144 valence electrons. The molecule has 7 heteroatoms. The summed E-state index contributed by atoms with van der Waals surface area (Å²) in [4.78, 5) is 17.5. The third-order valence-electron chi connectivity index (χ3n) is 6.49. The molecule has 4 fully saturated rings. The number of carbonyl (C=O) groups excluding carboxylic acids is 1. The second-order valence-electron chi connectivity index (χ2n) is 8.02. The van der Waals surface area contributed by atoms with Crippen LogP contribution in [0.15, 0.2) is 22.7 Å². The van der Waals surface area contributed by atoms with Gasteiger partial charge in [-0.05, 0) is 50.4 Å². The summed E-state index contributed by atoms with van der Waals surface area (Å²) in [7, 11) is 1.76. The van der Waals surface area contributed by atoms with Crippen LogP contribution in [0, 0.1) is 5.92 Å². The predicted molar refractivity (Wildman–Crippen MR) is 102 cm³/mol. The SMILES string of the molecule is CO[C@H]1CCN(c2ccc3c(C(=O)N[C@@H]4CN5CCC4CC5)noc3c2)C1. The molecule has 6 rings (SSSR count). The van der Waals surface area contributed by atoms with E-state index >= 15 is 0 Å². The third kappa shape index (κ3) is 3.08. The highest BCUT2D eigenvalue weighted by Gasteiger charge is 2.35. The van der Waals surface area contributed by atoms with Crippen molar-refractivity contribution in [3.05, 3.63) is 23.9 Å². The minimum absolute atomic E-state index is 0.124. The summed E-state index contributed by atoms with van der Waals surface area (Å²) in [5.41, 5.74) is 2.14. The fourth-order valence-electron chi connectivity index (χ4n) is 4.81.